The van der Waals surface area contributed by atoms with E-state index in [1.807, 2.05) is 24.3 Å². The Balaban J connectivity index is 1.26. The average molecular weight is 467 g/mol. The summed E-state index contributed by atoms with van der Waals surface area (Å²) in [5.74, 6) is -0.0765. The number of fused-ring (bicyclic) bond motifs is 1. The molecule has 2 N–H and O–H groups in total. The normalized spacial score (nSPS) is 11.2. The molecule has 172 valence electrons. The molecule has 0 radical (unpaired) electrons. The van der Waals surface area contributed by atoms with E-state index in [1.165, 1.54) is 30.6 Å². The summed E-state index contributed by atoms with van der Waals surface area (Å²) in [6.07, 6.45) is 6.19. The lowest BCUT2D eigenvalue weighted by molar-refractivity contribution is -0.384. The second kappa shape index (κ2) is 8.90. The van der Waals surface area contributed by atoms with E-state index < -0.39 is 4.92 Å². The largest absolute Gasteiger partial charge is 0.426 e. The fourth-order valence-corrected chi connectivity index (χ4v) is 3.49. The van der Waals surface area contributed by atoms with Gasteiger partial charge in [0.1, 0.15) is 18.2 Å². The third-order valence-corrected chi connectivity index (χ3v) is 5.24. The van der Waals surface area contributed by atoms with Crippen molar-refractivity contribution in [3.8, 4) is 17.1 Å². The van der Waals surface area contributed by atoms with Crippen LogP contribution in [0, 0.1) is 10.1 Å². The first-order valence-corrected chi connectivity index (χ1v) is 10.4. The van der Waals surface area contributed by atoms with E-state index >= 15 is 0 Å². The molecule has 0 aliphatic rings. The number of anilines is 1. The van der Waals surface area contributed by atoms with Crippen molar-refractivity contribution in [2.75, 3.05) is 5.32 Å². The molecule has 1 amide bonds. The molecule has 35 heavy (non-hydrogen) atoms. The number of aromatic nitrogens is 5. The van der Waals surface area contributed by atoms with Crippen LogP contribution in [0.3, 0.4) is 0 Å². The number of nitrogens with one attached hydrogen (secondary N) is 1. The fourth-order valence-electron chi connectivity index (χ4n) is 3.49. The SMILES string of the molecule is O=C(/C=C/c1ccc(-n2cncn2)cc1)Nc1ccc(-c2nc3ccc([N+](=O)[O-])cc3n2O)cc1. The lowest BCUT2D eigenvalue weighted by Gasteiger charge is -2.05. The van der Waals surface area contributed by atoms with Crippen molar-refractivity contribution in [2.45, 2.75) is 0 Å². The molecule has 2 heterocycles. The lowest BCUT2D eigenvalue weighted by Crippen LogP contribution is -2.07. The zero-order valence-electron chi connectivity index (χ0n) is 18.0. The van der Waals surface area contributed by atoms with Gasteiger partial charge >= 0.3 is 0 Å². The second-order valence-electron chi connectivity index (χ2n) is 7.51. The summed E-state index contributed by atoms with van der Waals surface area (Å²) in [4.78, 5) is 31.0. The molecule has 0 aliphatic heterocycles. The minimum atomic E-state index is -0.536. The maximum Gasteiger partial charge on any atom is 0.271 e. The summed E-state index contributed by atoms with van der Waals surface area (Å²) in [6, 6.07) is 18.3. The number of nitro benzene ring substituents is 1. The summed E-state index contributed by atoms with van der Waals surface area (Å²) in [5.41, 5.74) is 3.35. The molecule has 0 bridgehead atoms. The predicted molar refractivity (Wildman–Crippen MR) is 128 cm³/mol. The highest BCUT2D eigenvalue weighted by atomic mass is 16.6. The number of non-ortho nitro benzene ring substituents is 1. The standard InChI is InChI=1S/C24H17N7O4/c32-23(12-3-16-1-8-19(9-2-16)29-15-25-14-26-29)27-18-6-4-17(5-7-18)24-28-21-11-10-20(31(34)35)13-22(21)30(24)33/h1-15,33H,(H,27,32)/b12-3+. The topological polar surface area (TPSA) is 141 Å². The van der Waals surface area contributed by atoms with Crippen molar-refractivity contribution >= 4 is 34.4 Å². The molecule has 0 spiro atoms. The molecule has 3 aromatic carbocycles. The Hall–Kier alpha value is -5.32. The van der Waals surface area contributed by atoms with Gasteiger partial charge in [0.15, 0.2) is 5.82 Å². The minimum Gasteiger partial charge on any atom is -0.426 e. The van der Waals surface area contributed by atoms with Crippen LogP contribution in [0.2, 0.25) is 0 Å². The third-order valence-electron chi connectivity index (χ3n) is 5.24. The van der Waals surface area contributed by atoms with Gasteiger partial charge in [0, 0.05) is 29.5 Å². The zero-order chi connectivity index (χ0) is 24.4. The number of nitrogens with zero attached hydrogens (tertiary/aromatic N) is 6. The fraction of sp³-hybridized carbons (Fsp3) is 0. The van der Waals surface area contributed by atoms with Crippen LogP contribution in [0.5, 0.6) is 0 Å². The lowest BCUT2D eigenvalue weighted by atomic mass is 10.2. The number of hydrogen-bond acceptors (Lipinski definition) is 7. The van der Waals surface area contributed by atoms with Gasteiger partial charge in [0.2, 0.25) is 5.91 Å². The zero-order valence-corrected chi connectivity index (χ0v) is 18.0. The minimum absolute atomic E-state index is 0.142. The van der Waals surface area contributed by atoms with Crippen LogP contribution in [-0.2, 0) is 4.79 Å². The molecule has 0 fully saturated rings. The first-order chi connectivity index (χ1) is 17.0. The van der Waals surface area contributed by atoms with Gasteiger partial charge < -0.3 is 10.5 Å². The van der Waals surface area contributed by atoms with Gasteiger partial charge in [-0.05, 0) is 54.1 Å². The highest BCUT2D eigenvalue weighted by Gasteiger charge is 2.15. The molecule has 5 rings (SSSR count). The Labute approximate surface area is 197 Å². The summed E-state index contributed by atoms with van der Waals surface area (Å²) in [7, 11) is 0. The van der Waals surface area contributed by atoms with Crippen molar-refractivity contribution in [3.63, 3.8) is 0 Å². The molecule has 0 unspecified atom stereocenters. The van der Waals surface area contributed by atoms with Crippen molar-refractivity contribution in [1.29, 1.82) is 0 Å². The van der Waals surface area contributed by atoms with E-state index in [-0.39, 0.29) is 22.9 Å². The molecule has 0 atom stereocenters. The first-order valence-electron chi connectivity index (χ1n) is 10.4. The van der Waals surface area contributed by atoms with Crippen LogP contribution in [0.4, 0.5) is 11.4 Å². The Kier molecular flexibility index (Phi) is 5.47. The van der Waals surface area contributed by atoms with E-state index in [4.69, 9.17) is 0 Å². The number of nitro groups is 1. The van der Waals surface area contributed by atoms with Gasteiger partial charge in [-0.1, -0.05) is 12.1 Å². The number of rotatable bonds is 6. The van der Waals surface area contributed by atoms with Crippen LogP contribution in [0.15, 0.2) is 85.5 Å². The second-order valence-corrected chi connectivity index (χ2v) is 7.51. The Morgan fingerprint density at radius 1 is 1.06 bits per heavy atom. The van der Waals surface area contributed by atoms with Gasteiger partial charge in [0.25, 0.3) is 5.69 Å². The molecule has 11 heteroatoms. The summed E-state index contributed by atoms with van der Waals surface area (Å²) in [5, 5.41) is 28.3. The van der Waals surface area contributed by atoms with E-state index in [0.717, 1.165) is 16.0 Å². The number of amides is 1. The van der Waals surface area contributed by atoms with Gasteiger partial charge in [-0.15, -0.1) is 0 Å². The summed E-state index contributed by atoms with van der Waals surface area (Å²) < 4.78 is 2.45. The quantitative estimate of drug-likeness (QED) is 0.166. The highest BCUT2D eigenvalue weighted by Crippen LogP contribution is 2.27. The van der Waals surface area contributed by atoms with E-state index in [1.54, 1.807) is 41.4 Å². The average Bonchev–Trinajstić information content (AvgIpc) is 3.52. The van der Waals surface area contributed by atoms with E-state index in [0.29, 0.717) is 16.8 Å². The van der Waals surface area contributed by atoms with Crippen LogP contribution in [0.25, 0.3) is 34.2 Å². The van der Waals surface area contributed by atoms with Gasteiger partial charge in [0.05, 0.1) is 16.1 Å². The maximum atomic E-state index is 12.3. The highest BCUT2D eigenvalue weighted by molar-refractivity contribution is 6.02. The Morgan fingerprint density at radius 2 is 1.83 bits per heavy atom. The Morgan fingerprint density at radius 3 is 2.51 bits per heavy atom. The number of benzene rings is 3. The van der Waals surface area contributed by atoms with Gasteiger partial charge in [-0.2, -0.15) is 9.83 Å². The molecular weight excluding hydrogens is 450 g/mol. The predicted octanol–water partition coefficient (Wildman–Crippen LogP) is 4.08. The number of carbonyl (C=O) groups excluding carboxylic acids is 1. The molecule has 0 saturated carbocycles. The van der Waals surface area contributed by atoms with Gasteiger partial charge in [-0.25, -0.2) is 14.6 Å². The monoisotopic (exact) mass is 467 g/mol. The third kappa shape index (κ3) is 4.46. The van der Waals surface area contributed by atoms with Gasteiger partial charge in [-0.3, -0.25) is 14.9 Å². The molecule has 0 saturated heterocycles. The van der Waals surface area contributed by atoms with Crippen LogP contribution >= 0.6 is 0 Å². The molecular formula is C24H17N7O4. The molecule has 5 aromatic rings. The van der Waals surface area contributed by atoms with Crippen LogP contribution in [0.1, 0.15) is 5.56 Å². The number of hydrogen-bond donors (Lipinski definition) is 2. The van der Waals surface area contributed by atoms with Crippen LogP contribution in [-0.4, -0.2) is 40.5 Å². The van der Waals surface area contributed by atoms with Crippen LogP contribution < -0.4 is 5.32 Å². The van der Waals surface area contributed by atoms with E-state index in [2.05, 4.69) is 20.4 Å². The number of carbonyl (C=O) groups is 1. The Bertz CT molecular complexity index is 1550. The van der Waals surface area contributed by atoms with Crippen molar-refractivity contribution in [2.24, 2.45) is 0 Å². The first kappa shape index (κ1) is 21.5. The van der Waals surface area contributed by atoms with Crippen molar-refractivity contribution in [3.05, 3.63) is 101 Å². The summed E-state index contributed by atoms with van der Waals surface area (Å²) in [6.45, 7) is 0. The maximum absolute atomic E-state index is 12.3. The molecule has 2 aromatic heterocycles. The molecule has 0 aliphatic carbocycles. The van der Waals surface area contributed by atoms with Crippen molar-refractivity contribution in [1.82, 2.24) is 24.5 Å². The number of imidazole rings is 1. The summed E-state index contributed by atoms with van der Waals surface area (Å²) >= 11 is 0. The smallest absolute Gasteiger partial charge is 0.271 e. The van der Waals surface area contributed by atoms with Crippen molar-refractivity contribution < 1.29 is 14.9 Å². The molecule has 11 nitrogen and oxygen atoms in total. The van der Waals surface area contributed by atoms with E-state index in [9.17, 15) is 20.1 Å².